The molecule has 1 aromatic rings. The Morgan fingerprint density at radius 2 is 2.03 bits per heavy atom. The molecular weight excluding hydrogens is 453 g/mol. The fourth-order valence-corrected chi connectivity index (χ4v) is 4.54. The Labute approximate surface area is 179 Å². The number of carbonyl (C=O) groups excluding carboxylic acids is 2. The number of nitrogens with zero attached hydrogens (tertiary/aromatic N) is 1. The summed E-state index contributed by atoms with van der Waals surface area (Å²) in [4.78, 5) is 54.4. The van der Waals surface area contributed by atoms with E-state index in [9.17, 15) is 34.5 Å². The van der Waals surface area contributed by atoms with Crippen LogP contribution < -0.4 is 11.1 Å². The number of Topliss-reactive ketones (excluding diaryl/α,β-unsaturated/α-hetero) is 1. The molecule has 2 amide bonds. The van der Waals surface area contributed by atoms with Crippen LogP contribution in [0.1, 0.15) is 16.8 Å². The highest BCUT2D eigenvalue weighted by Gasteiger charge is 2.53. The topological polar surface area (TPSA) is 195 Å². The number of aliphatic hydroxyl groups excluding tert-OH is 1. The van der Waals surface area contributed by atoms with Gasteiger partial charge in [-0.25, -0.2) is 4.79 Å². The maximum Gasteiger partial charge on any atom is 0.325 e. The van der Waals surface area contributed by atoms with Gasteiger partial charge in [0.1, 0.15) is 12.3 Å². The average Bonchev–Trinajstić information content (AvgIpc) is 3.03. The van der Waals surface area contributed by atoms with Gasteiger partial charge in [-0.15, -0.1) is 0 Å². The number of amides is 2. The number of hydrogen-bond donors (Lipinski definition) is 7. The molecule has 2 aliphatic rings. The number of aliphatic hydroxyl groups is 2. The highest BCUT2D eigenvalue weighted by Crippen LogP contribution is 2.41. The van der Waals surface area contributed by atoms with Crippen molar-refractivity contribution in [3.05, 3.63) is 48.2 Å². The van der Waals surface area contributed by atoms with E-state index in [4.69, 9.17) is 14.7 Å². The number of rotatable bonds is 6. The van der Waals surface area contributed by atoms with E-state index in [-0.39, 0.29) is 0 Å². The lowest BCUT2D eigenvalue weighted by molar-refractivity contribution is -0.177. The number of hydrogen-bond acceptors (Lipinski definition) is 7. The minimum atomic E-state index is -4.41. The maximum atomic E-state index is 12.7. The quantitative estimate of drug-likeness (QED) is 0.147. The predicted molar refractivity (Wildman–Crippen MR) is 110 cm³/mol. The molecule has 5 atom stereocenters. The molecule has 172 valence electrons. The number of ketones is 1. The molecule has 0 spiro atoms. The van der Waals surface area contributed by atoms with Gasteiger partial charge in [0, 0.05) is 28.4 Å². The number of nitrogens with two attached hydrogens (primary N) is 1. The summed E-state index contributed by atoms with van der Waals surface area (Å²) in [5.74, 6) is -2.76. The molecule has 14 heteroatoms. The average molecular weight is 477 g/mol. The van der Waals surface area contributed by atoms with Crippen molar-refractivity contribution < 1.29 is 43.4 Å². The molecule has 0 aromatic heterocycles. The van der Waals surface area contributed by atoms with Crippen molar-refractivity contribution in [2.24, 2.45) is 5.73 Å². The second-order valence-corrected chi connectivity index (χ2v) is 12.1. The molecule has 0 radical (unpaired) electrons. The second-order valence-electron chi connectivity index (χ2n) is 7.05. The first-order valence-corrected chi connectivity index (χ1v) is 12.8. The van der Waals surface area contributed by atoms with E-state index in [1.165, 1.54) is 12.3 Å². The Morgan fingerprint density at radius 1 is 1.39 bits per heavy atom. The van der Waals surface area contributed by atoms with Crippen LogP contribution in [-0.4, -0.2) is 78.3 Å². The zero-order valence-corrected chi connectivity index (χ0v) is 18.1. The third kappa shape index (κ3) is 4.91. The molecule has 1 fully saturated rings. The Hall–Kier alpha value is -1.64. The normalized spacial score (nSPS) is 32.1. The number of nitrogens with one attached hydrogen (secondary N) is 1. The number of urea groups is 1. The third-order valence-corrected chi connectivity index (χ3v) is 8.35. The van der Waals surface area contributed by atoms with Gasteiger partial charge in [-0.3, -0.25) is 19.6 Å². The lowest BCUT2D eigenvalue weighted by atomic mass is 9.97. The lowest BCUT2D eigenvalue weighted by Crippen LogP contribution is -2.65. The standard InChI is InChI=1S/C17H24N3O9PS/c1-31(30(25,26)27)29-17(24)9-13(28-12(17)10-21)20-8-7-16(18,19-15(20)23)14(22)11-5-3-2-4-6-11/h2-8,12-13,21,24-27H,9-10,18H2,1H3,(H,19,23)/t12-,13-,16?,17-,31?/m1/s1. The molecule has 0 saturated carbocycles. The summed E-state index contributed by atoms with van der Waals surface area (Å²) in [5, 5.41) is 22.7. The van der Waals surface area contributed by atoms with Crippen molar-refractivity contribution in [3.8, 4) is 0 Å². The highest BCUT2D eigenvalue weighted by atomic mass is 32.5. The van der Waals surface area contributed by atoms with Gasteiger partial charge in [0.05, 0.1) is 13.0 Å². The third-order valence-electron chi connectivity index (χ3n) is 4.84. The summed E-state index contributed by atoms with van der Waals surface area (Å²) in [6.07, 6.45) is 0.745. The Kier molecular flexibility index (Phi) is 6.75. The van der Waals surface area contributed by atoms with Crippen molar-refractivity contribution in [1.82, 2.24) is 10.2 Å². The predicted octanol–water partition coefficient (Wildman–Crippen LogP) is -1.31. The molecule has 12 nitrogen and oxygen atoms in total. The fourth-order valence-electron chi connectivity index (χ4n) is 3.16. The second kappa shape index (κ2) is 8.71. The van der Waals surface area contributed by atoms with Gasteiger partial charge in [-0.05, 0) is 6.08 Å². The summed E-state index contributed by atoms with van der Waals surface area (Å²) >= 11 is 0. The first-order valence-electron chi connectivity index (χ1n) is 9.00. The Morgan fingerprint density at radius 3 is 2.58 bits per heavy atom. The smallest absolute Gasteiger partial charge is 0.325 e. The van der Waals surface area contributed by atoms with Crippen molar-refractivity contribution in [1.29, 1.82) is 0 Å². The van der Waals surface area contributed by atoms with Crippen molar-refractivity contribution in [2.45, 2.75) is 30.2 Å². The number of benzene rings is 1. The van der Waals surface area contributed by atoms with Crippen LogP contribution in [0.3, 0.4) is 0 Å². The van der Waals surface area contributed by atoms with Gasteiger partial charge < -0.3 is 34.9 Å². The Bertz CT molecular complexity index is 947. The first kappa shape index (κ1) is 24.0. The summed E-state index contributed by atoms with van der Waals surface area (Å²) in [5.41, 5.74) is 4.57. The minimum Gasteiger partial charge on any atom is -0.393 e. The molecule has 31 heavy (non-hydrogen) atoms. The van der Waals surface area contributed by atoms with E-state index in [2.05, 4.69) is 5.32 Å². The first-order chi connectivity index (χ1) is 14.4. The fraction of sp³-hybridized carbons (Fsp3) is 0.412. The van der Waals surface area contributed by atoms with E-state index in [1.54, 1.807) is 30.3 Å². The molecule has 1 aromatic carbocycles. The van der Waals surface area contributed by atoms with Crippen LogP contribution in [0.25, 0.3) is 0 Å². The zero-order chi connectivity index (χ0) is 23.0. The molecule has 8 N–H and O–H groups in total. The molecule has 0 aliphatic carbocycles. The molecule has 0 bridgehead atoms. The number of ether oxygens (including phenoxy) is 1. The molecular formula is C17H24N3O9PS. The van der Waals surface area contributed by atoms with E-state index < -0.39 is 65.7 Å². The summed E-state index contributed by atoms with van der Waals surface area (Å²) in [6.45, 7) is -5.13. The van der Waals surface area contributed by atoms with Gasteiger partial charge in [0.25, 0.3) is 0 Å². The van der Waals surface area contributed by atoms with Crippen LogP contribution in [0.4, 0.5) is 4.79 Å². The molecule has 2 aliphatic heterocycles. The van der Waals surface area contributed by atoms with Gasteiger partial charge in [0.15, 0.2) is 5.66 Å². The molecule has 1 saturated heterocycles. The summed E-state index contributed by atoms with van der Waals surface area (Å²) in [6, 6.07) is 7.35. The van der Waals surface area contributed by atoms with Gasteiger partial charge >= 0.3 is 12.7 Å². The van der Waals surface area contributed by atoms with E-state index in [0.717, 1.165) is 11.2 Å². The maximum absolute atomic E-state index is 12.7. The highest BCUT2D eigenvalue weighted by molar-refractivity contribution is 8.24. The van der Waals surface area contributed by atoms with Crippen molar-refractivity contribution >= 4 is 28.9 Å². The monoisotopic (exact) mass is 477 g/mol. The minimum absolute atomic E-state index is 0.294. The van der Waals surface area contributed by atoms with Crippen LogP contribution in [0.2, 0.25) is 0 Å². The van der Waals surface area contributed by atoms with Crippen molar-refractivity contribution in [3.63, 3.8) is 0 Å². The van der Waals surface area contributed by atoms with E-state index in [0.29, 0.717) is 5.56 Å². The Balaban J connectivity index is 1.81. The van der Waals surface area contributed by atoms with Gasteiger partial charge in [-0.2, -0.15) is 0 Å². The van der Waals surface area contributed by atoms with Crippen molar-refractivity contribution in [2.75, 3.05) is 12.9 Å². The molecule has 3 rings (SSSR count). The number of carbonyl (C=O) groups is 2. The lowest BCUT2D eigenvalue weighted by Gasteiger charge is -2.36. The van der Waals surface area contributed by atoms with Crippen LogP contribution in [0, 0.1) is 0 Å². The SMILES string of the molecule is CS(O[C@]1(O)C[C@H](N2C=CC(N)(C(=O)c3ccccc3)NC2=O)O[C@@H]1CO)=P(O)(O)O. The zero-order valence-electron chi connectivity index (χ0n) is 16.4. The van der Waals surface area contributed by atoms with Crippen LogP contribution in [0.5, 0.6) is 0 Å². The van der Waals surface area contributed by atoms with Crippen LogP contribution in [0.15, 0.2) is 42.6 Å². The van der Waals surface area contributed by atoms with Crippen LogP contribution >= 0.6 is 6.72 Å². The summed E-state index contributed by atoms with van der Waals surface area (Å²) in [7, 11) is -1.87. The van der Waals surface area contributed by atoms with E-state index in [1.807, 2.05) is 0 Å². The van der Waals surface area contributed by atoms with Crippen LogP contribution in [-0.2, 0) is 19.3 Å². The largest absolute Gasteiger partial charge is 0.393 e. The molecule has 2 unspecified atom stereocenters. The van der Waals surface area contributed by atoms with Gasteiger partial charge in [0.2, 0.25) is 11.6 Å². The molecule has 2 heterocycles. The van der Waals surface area contributed by atoms with Gasteiger partial charge in [-0.1, -0.05) is 30.3 Å². The van der Waals surface area contributed by atoms with E-state index >= 15 is 0 Å². The summed E-state index contributed by atoms with van der Waals surface area (Å²) < 4.78 is 10.7.